The number of imidazole rings is 4. The van der Waals surface area contributed by atoms with Gasteiger partial charge in [0.15, 0.2) is 107 Å². The summed E-state index contributed by atoms with van der Waals surface area (Å²) in [4.78, 5) is 133. The van der Waals surface area contributed by atoms with Crippen LogP contribution in [-0.4, -0.2) is 374 Å². The van der Waals surface area contributed by atoms with Gasteiger partial charge in [-0.15, -0.1) is 0 Å². The molecule has 4 saturated heterocycles. The van der Waals surface area contributed by atoms with Crippen molar-refractivity contribution < 1.29 is 86.3 Å². The van der Waals surface area contributed by atoms with E-state index in [1.807, 2.05) is 107 Å². The van der Waals surface area contributed by atoms with Crippen molar-refractivity contribution in [2.24, 2.45) is 0 Å². The maximum absolute atomic E-state index is 13.1. The summed E-state index contributed by atoms with van der Waals surface area (Å²) >= 11 is 6.10. The summed E-state index contributed by atoms with van der Waals surface area (Å²) in [7, 11) is 15.2. The van der Waals surface area contributed by atoms with Gasteiger partial charge in [0.1, 0.15) is 77.9 Å². The molecule has 0 spiro atoms. The molecule has 0 unspecified atom stereocenters. The fraction of sp³-hybridized carbons (Fsp3) is 0.513. The number of likely N-dealkylation sites (N-methyl/N-ethyl adjacent to an activating group) is 4. The minimum absolute atomic E-state index is 0.211. The molecule has 50 heteroatoms. The van der Waals surface area contributed by atoms with Crippen LogP contribution in [0.5, 0.6) is 0 Å². The highest BCUT2D eigenvalue weighted by molar-refractivity contribution is 7.99. The van der Waals surface area contributed by atoms with Gasteiger partial charge < -0.3 is 121 Å². The van der Waals surface area contributed by atoms with Gasteiger partial charge in [-0.3, -0.25) is 18.3 Å². The second kappa shape index (κ2) is 46.7. The van der Waals surface area contributed by atoms with Crippen LogP contribution in [0, 0.1) is 0 Å². The zero-order valence-corrected chi connectivity index (χ0v) is 75.7. The lowest BCUT2D eigenvalue weighted by Gasteiger charge is -2.25. The molecule has 2 aromatic carbocycles. The first-order valence-electron chi connectivity index (χ1n) is 40.2. The number of aromatic nitrogens is 16. The van der Waals surface area contributed by atoms with Crippen LogP contribution >= 0.6 is 47.0 Å². The van der Waals surface area contributed by atoms with Gasteiger partial charge in [-0.2, -0.15) is 47.0 Å². The first-order chi connectivity index (χ1) is 61.6. The number of aliphatic hydroxyl groups is 2. The summed E-state index contributed by atoms with van der Waals surface area (Å²) in [6.45, 7) is 4.25. The van der Waals surface area contributed by atoms with Gasteiger partial charge >= 0.3 is 36.3 Å². The maximum atomic E-state index is 13.1. The summed E-state index contributed by atoms with van der Waals surface area (Å²) in [5.74, 6) is 1.87. The molecule has 46 nitrogen and oxygen atoms in total. The lowest BCUT2D eigenvalue weighted by molar-refractivity contribution is -0.0458. The fourth-order valence-corrected chi connectivity index (χ4v) is 16.1. The minimum atomic E-state index is -1.09. The second-order valence-electron chi connectivity index (χ2n) is 30.3. The monoisotopic (exact) mass is 1850 g/mol. The molecule has 0 saturated carbocycles. The van der Waals surface area contributed by atoms with E-state index in [1.165, 1.54) is 97.7 Å². The zero-order chi connectivity index (χ0) is 91.8. The Balaban J connectivity index is 0.000000166. The average molecular weight is 1850 g/mol. The summed E-state index contributed by atoms with van der Waals surface area (Å²) in [6.07, 6.45) is 3.42. The normalized spacial score (nSPS) is 23.0. The van der Waals surface area contributed by atoms with E-state index in [-0.39, 0.29) is 23.3 Å². The first-order valence-corrected chi connectivity index (χ1v) is 45.7. The summed E-state index contributed by atoms with van der Waals surface area (Å²) < 4.78 is 65.5. The summed E-state index contributed by atoms with van der Waals surface area (Å²) in [5.41, 5.74) is 27.6. The predicted octanol–water partition coefficient (Wildman–Crippen LogP) is 2.47. The van der Waals surface area contributed by atoms with E-state index in [1.54, 1.807) is 72.9 Å². The van der Waals surface area contributed by atoms with Crippen molar-refractivity contribution in [3.05, 3.63) is 122 Å². The number of nitrogens with two attached hydrogens (primary N) is 4. The van der Waals surface area contributed by atoms with Crippen LogP contribution in [0.2, 0.25) is 0 Å². The van der Waals surface area contributed by atoms with Crippen molar-refractivity contribution in [3.63, 3.8) is 0 Å². The van der Waals surface area contributed by atoms with Crippen molar-refractivity contribution in [1.29, 1.82) is 0 Å². The number of nitrogens with one attached hydrogen (secondary N) is 4. The molecule has 4 fully saturated rings. The summed E-state index contributed by atoms with van der Waals surface area (Å²) in [6, 6.07) is 17.2. The van der Waals surface area contributed by atoms with Crippen molar-refractivity contribution in [2.75, 3.05) is 180 Å². The van der Waals surface area contributed by atoms with E-state index in [0.29, 0.717) is 131 Å². The third kappa shape index (κ3) is 24.8. The number of nitrogen functional groups attached to an aromatic ring is 4. The number of ether oxygens (including phenoxy) is 10. The zero-order valence-electron chi connectivity index (χ0n) is 72.4. The van der Waals surface area contributed by atoms with E-state index >= 15 is 0 Å². The number of nitrogens with zero attached hydrogens (tertiary/aromatic N) is 20. The fourth-order valence-electron chi connectivity index (χ4n) is 13.7. The van der Waals surface area contributed by atoms with Gasteiger partial charge in [-0.1, -0.05) is 36.4 Å². The topological polar surface area (TPSA) is 575 Å². The second-order valence-corrected chi connectivity index (χ2v) is 33.9. The Labute approximate surface area is 752 Å². The van der Waals surface area contributed by atoms with Crippen LogP contribution in [-0.2, 0) is 47.4 Å². The number of aliphatic hydroxyl groups excluding tert-OH is 2. The molecule has 4 aliphatic heterocycles. The number of amides is 4. The predicted molar refractivity (Wildman–Crippen MR) is 479 cm³/mol. The van der Waals surface area contributed by atoms with Gasteiger partial charge in [-0.05, 0) is 106 Å². The number of anilines is 4. The number of carbonyl (C=O) groups is 6. The Morgan fingerprint density at radius 1 is 0.352 bits per heavy atom. The Morgan fingerprint density at radius 3 is 0.961 bits per heavy atom. The number of carbonyl (C=O) groups excluding carboxylic acids is 6. The molecule has 128 heavy (non-hydrogen) atoms. The highest BCUT2D eigenvalue weighted by Gasteiger charge is 2.54. The number of esters is 2. The molecule has 14 rings (SSSR count). The quantitative estimate of drug-likeness (QED) is 0.0214. The molecule has 0 aliphatic carbocycles. The van der Waals surface area contributed by atoms with Crippen molar-refractivity contribution in [1.82, 2.24) is 119 Å². The number of hydrogen-bond acceptors (Lipinski definition) is 42. The number of fused-ring (bicyclic) bond motifs is 4. The van der Waals surface area contributed by atoms with E-state index in [2.05, 4.69) is 81.1 Å². The Morgan fingerprint density at radius 2 is 0.617 bits per heavy atom. The molecule has 692 valence electrons. The van der Waals surface area contributed by atoms with Crippen LogP contribution in [0.3, 0.4) is 0 Å². The number of thioether (sulfide) groups is 4. The molecule has 16 atom stereocenters. The molecule has 12 heterocycles. The first kappa shape index (κ1) is 97.5. The number of hydrogen-bond donors (Lipinski definition) is 10. The molecule has 8 aromatic heterocycles. The third-order valence-corrected chi connectivity index (χ3v) is 22.6. The van der Waals surface area contributed by atoms with Gasteiger partial charge in [0.25, 0.3) is 0 Å². The van der Waals surface area contributed by atoms with Gasteiger partial charge in [0.2, 0.25) is 0 Å². The van der Waals surface area contributed by atoms with E-state index in [0.717, 1.165) is 0 Å². The van der Waals surface area contributed by atoms with Crippen LogP contribution in [0.4, 0.5) is 42.4 Å². The number of rotatable bonds is 32. The van der Waals surface area contributed by atoms with Crippen LogP contribution in [0.15, 0.2) is 111 Å². The molecule has 4 amide bonds. The van der Waals surface area contributed by atoms with Crippen molar-refractivity contribution in [3.8, 4) is 0 Å². The highest BCUT2D eigenvalue weighted by Crippen LogP contribution is 2.42. The van der Waals surface area contributed by atoms with E-state index in [4.69, 9.17) is 70.3 Å². The molecule has 0 bridgehead atoms. The Hall–Kier alpha value is -11.1. The summed E-state index contributed by atoms with van der Waals surface area (Å²) in [5, 5.41) is 32.4. The maximum Gasteiger partial charge on any atom is 0.407 e. The smallest absolute Gasteiger partial charge is 0.407 e. The number of alkyl carbamates (subject to hydrolysis) is 4. The Kier molecular flexibility index (Phi) is 35.6. The lowest BCUT2D eigenvalue weighted by atomic mass is 10.1. The van der Waals surface area contributed by atoms with Gasteiger partial charge in [-0.25, -0.2) is 88.6 Å². The average Bonchev–Trinajstić information content (AvgIpc) is 1.63. The molecular formula is C78H108N28O18S4. The molecule has 14 N–H and O–H groups in total. The van der Waals surface area contributed by atoms with Crippen LogP contribution in [0.1, 0.15) is 45.6 Å². The van der Waals surface area contributed by atoms with E-state index < -0.39 is 134 Å². The highest BCUT2D eigenvalue weighted by atomic mass is 32.2. The largest absolute Gasteiger partial charge is 0.452 e. The molecule has 0 radical (unpaired) electrons. The molecule has 10 aromatic rings. The van der Waals surface area contributed by atoms with Gasteiger partial charge in [0.05, 0.1) is 42.5 Å². The molecule has 4 aliphatic rings. The van der Waals surface area contributed by atoms with Crippen LogP contribution in [0.25, 0.3) is 44.7 Å². The van der Waals surface area contributed by atoms with Crippen LogP contribution < -0.4 is 44.2 Å². The van der Waals surface area contributed by atoms with Crippen molar-refractivity contribution >= 4 is 151 Å². The molecular weight excluding hydrogens is 1750 g/mol. The SMILES string of the molecule is CSC[C@H]1O[C@@H](n2cnc3c(N)ncnc32)[C@H](O)[C@@H]1OC(=O)NCCN(C)C.CSC[C@H]1O[C@@H](n2cnc3c(N)ncnc32)[C@H](OC(=O)NCCN(C)C)[C@@H]1O.CSC[C@H]1O[C@@H](n2cnc3c(N)ncnc32)[C@H](OC(=O)NCCN(C)C)[C@@H]1OC(=O)c1ccccc1.CSC[C@H]1O[C@@H](n2cnc3c(N)ncnc32)[C@H](OC(=O)c2ccccc2)[C@@H]1OC(=O)NCCN(C)C. The number of benzene rings is 2. The Bertz CT molecular complexity index is 5290. The minimum Gasteiger partial charge on any atom is -0.452 e. The van der Waals surface area contributed by atoms with E-state index in [9.17, 15) is 39.0 Å². The standard InChI is InChI=1S/2C23H29N7O5S.2C16H25N7O4S/c1-29(2)10-9-25-23(32)35-17-15(11-36-3)33-21(18(17)34-22(31)14-7-5-4-6-8-14)30-13-28-16-19(24)26-12-27-20(16)30;1-29(2)10-9-25-23(32)35-18-17(34-22(31)14-7-5-4-6-8-14)15(11-36-3)33-21(18)30-13-28-16-19(24)26-12-27-20(16)30;1-22(2)5-4-18-16(25)27-12-9(6-28-3)26-15(11(12)24)23-8-21-10-13(17)19-7-20-14(10)23;1-22(2)5-4-18-16(25)27-12-11(24)9(6-28-3)26-15(12)23-8-21-10-13(17)19-7-20-14(10)23/h2*4-8,12-13,15,17-18,21H,9-11H2,1-3H3,(H,25,32)(H2,24,26,27);2*7-9,11-12,15,24H,4-6H2,1-3H3,(H,18,25)(H2,17,19,20)/t2*15-,17-,18-,21-;2*9-,11-,12-,15-/m1111/s1. The van der Waals surface area contributed by atoms with Gasteiger partial charge in [0, 0.05) is 75.4 Å². The third-order valence-electron chi connectivity index (χ3n) is 20.0. The lowest BCUT2D eigenvalue weighted by Crippen LogP contribution is -2.43. The van der Waals surface area contributed by atoms with Crippen molar-refractivity contribution in [2.45, 2.75) is 98.2 Å².